The van der Waals surface area contributed by atoms with Gasteiger partial charge in [0.2, 0.25) is 0 Å². The van der Waals surface area contributed by atoms with E-state index in [9.17, 15) is 9.18 Å². The first-order valence-corrected chi connectivity index (χ1v) is 5.46. The van der Waals surface area contributed by atoms with Crippen molar-refractivity contribution < 1.29 is 9.18 Å². The van der Waals surface area contributed by atoms with Gasteiger partial charge in [0.05, 0.1) is 11.3 Å². The normalized spacial score (nSPS) is 14.5. The van der Waals surface area contributed by atoms with Crippen LogP contribution in [0.4, 0.5) is 14.9 Å². The minimum atomic E-state index is -0.485. The lowest BCUT2D eigenvalue weighted by atomic mass is 10.2. The van der Waals surface area contributed by atoms with E-state index in [2.05, 4.69) is 5.32 Å². The molecule has 0 atom stereocenters. The van der Waals surface area contributed by atoms with Crippen LogP contribution in [0.5, 0.6) is 0 Å². The van der Waals surface area contributed by atoms with Gasteiger partial charge in [-0.25, -0.2) is 9.18 Å². The molecule has 1 fully saturated rings. The number of likely N-dealkylation sites (tertiary alicyclic amines) is 1. The number of nitrogens with one attached hydrogen (secondary N) is 1. The molecule has 1 N–H and O–H groups in total. The highest BCUT2D eigenvalue weighted by Crippen LogP contribution is 2.17. The Kier molecular flexibility index (Phi) is 3.24. The predicted octanol–water partition coefficient (Wildman–Crippen LogP) is 2.33. The molecular weight excluding hydrogens is 221 g/mol. The molecule has 0 aliphatic carbocycles. The molecule has 2 amide bonds. The third kappa shape index (κ3) is 2.53. The highest BCUT2D eigenvalue weighted by molar-refractivity contribution is 5.90. The zero-order valence-electron chi connectivity index (χ0n) is 9.24. The van der Waals surface area contributed by atoms with Gasteiger partial charge in [0.15, 0.2) is 0 Å². The molecule has 0 bridgehead atoms. The number of hydrogen-bond acceptors (Lipinski definition) is 2. The van der Waals surface area contributed by atoms with Crippen molar-refractivity contribution in [1.29, 1.82) is 5.26 Å². The molecule has 2 rings (SSSR count). The van der Waals surface area contributed by atoms with Crippen molar-refractivity contribution >= 4 is 11.7 Å². The van der Waals surface area contributed by atoms with Gasteiger partial charge < -0.3 is 10.2 Å². The monoisotopic (exact) mass is 233 g/mol. The van der Waals surface area contributed by atoms with Gasteiger partial charge >= 0.3 is 6.03 Å². The maximum absolute atomic E-state index is 12.9. The summed E-state index contributed by atoms with van der Waals surface area (Å²) in [7, 11) is 0. The molecule has 1 aliphatic rings. The van der Waals surface area contributed by atoms with Crippen LogP contribution in [-0.2, 0) is 0 Å². The van der Waals surface area contributed by atoms with Crippen LogP contribution < -0.4 is 5.32 Å². The van der Waals surface area contributed by atoms with Crippen LogP contribution in [-0.4, -0.2) is 24.0 Å². The third-order valence-electron chi connectivity index (χ3n) is 2.74. The molecule has 0 spiro atoms. The quantitative estimate of drug-likeness (QED) is 0.809. The maximum atomic E-state index is 12.9. The zero-order valence-corrected chi connectivity index (χ0v) is 9.24. The molecule has 0 saturated carbocycles. The average molecular weight is 233 g/mol. The standard InChI is InChI=1S/C12H12FN3O/c13-10-3-4-11(9(7-10)8-14)15-12(17)16-5-1-2-6-16/h3-4,7H,1-2,5-6H2,(H,15,17). The highest BCUT2D eigenvalue weighted by Gasteiger charge is 2.18. The summed E-state index contributed by atoms with van der Waals surface area (Å²) in [5.74, 6) is -0.485. The minimum absolute atomic E-state index is 0.137. The fourth-order valence-electron chi connectivity index (χ4n) is 1.83. The summed E-state index contributed by atoms with van der Waals surface area (Å²) in [5, 5.41) is 11.5. The van der Waals surface area contributed by atoms with Crippen molar-refractivity contribution in [2.45, 2.75) is 12.8 Å². The number of benzene rings is 1. The second-order valence-corrected chi connectivity index (χ2v) is 3.93. The van der Waals surface area contributed by atoms with Crippen molar-refractivity contribution in [2.24, 2.45) is 0 Å². The van der Waals surface area contributed by atoms with Crippen molar-refractivity contribution in [3.8, 4) is 6.07 Å². The molecule has 0 unspecified atom stereocenters. The van der Waals surface area contributed by atoms with Crippen LogP contribution in [0.2, 0.25) is 0 Å². The number of rotatable bonds is 1. The SMILES string of the molecule is N#Cc1cc(F)ccc1NC(=O)N1CCCC1. The molecule has 0 aromatic heterocycles. The van der Waals surface area contributed by atoms with Crippen molar-refractivity contribution in [1.82, 2.24) is 4.90 Å². The number of nitrogens with zero attached hydrogens (tertiary/aromatic N) is 2. The molecular formula is C12H12FN3O. The number of carbonyl (C=O) groups excluding carboxylic acids is 1. The first-order chi connectivity index (χ1) is 8.20. The fourth-order valence-corrected chi connectivity index (χ4v) is 1.83. The average Bonchev–Trinajstić information content (AvgIpc) is 2.85. The molecule has 0 radical (unpaired) electrons. The van der Waals surface area contributed by atoms with E-state index in [4.69, 9.17) is 5.26 Å². The molecule has 1 saturated heterocycles. The Labute approximate surface area is 98.6 Å². The molecule has 5 heteroatoms. The number of urea groups is 1. The molecule has 1 heterocycles. The lowest BCUT2D eigenvalue weighted by Gasteiger charge is -2.16. The first kappa shape index (κ1) is 11.4. The topological polar surface area (TPSA) is 56.1 Å². The Hall–Kier alpha value is -2.09. The number of carbonyl (C=O) groups is 1. The van der Waals surface area contributed by atoms with E-state index in [1.54, 1.807) is 4.90 Å². The van der Waals surface area contributed by atoms with E-state index in [0.717, 1.165) is 32.0 Å². The third-order valence-corrected chi connectivity index (χ3v) is 2.74. The second-order valence-electron chi connectivity index (χ2n) is 3.93. The fraction of sp³-hybridized carbons (Fsp3) is 0.333. The van der Waals surface area contributed by atoms with Crippen LogP contribution in [0.15, 0.2) is 18.2 Å². The van der Waals surface area contributed by atoms with Gasteiger partial charge in [0.1, 0.15) is 11.9 Å². The van der Waals surface area contributed by atoms with E-state index in [0.29, 0.717) is 5.69 Å². The molecule has 1 aromatic rings. The first-order valence-electron chi connectivity index (χ1n) is 5.46. The van der Waals surface area contributed by atoms with Crippen LogP contribution in [0.3, 0.4) is 0 Å². The molecule has 88 valence electrons. The summed E-state index contributed by atoms with van der Waals surface area (Å²) < 4.78 is 12.9. The highest BCUT2D eigenvalue weighted by atomic mass is 19.1. The summed E-state index contributed by atoms with van der Waals surface area (Å²) in [4.78, 5) is 13.5. The summed E-state index contributed by atoms with van der Waals surface area (Å²) >= 11 is 0. The minimum Gasteiger partial charge on any atom is -0.325 e. The lowest BCUT2D eigenvalue weighted by Crippen LogP contribution is -2.32. The summed E-state index contributed by atoms with van der Waals surface area (Å²) in [5.41, 5.74) is 0.489. The Morgan fingerprint density at radius 3 is 2.76 bits per heavy atom. The molecule has 1 aromatic carbocycles. The van der Waals surface area contributed by atoms with Crippen LogP contribution in [0.25, 0.3) is 0 Å². The van der Waals surface area contributed by atoms with Crippen LogP contribution in [0, 0.1) is 17.1 Å². The van der Waals surface area contributed by atoms with Gasteiger partial charge in [-0.05, 0) is 31.0 Å². The van der Waals surface area contributed by atoms with Crippen molar-refractivity contribution in [3.05, 3.63) is 29.6 Å². The lowest BCUT2D eigenvalue weighted by molar-refractivity contribution is 0.222. The van der Waals surface area contributed by atoms with Gasteiger partial charge in [0.25, 0.3) is 0 Å². The van der Waals surface area contributed by atoms with Crippen LogP contribution >= 0.6 is 0 Å². The Morgan fingerprint density at radius 2 is 2.12 bits per heavy atom. The smallest absolute Gasteiger partial charge is 0.321 e. The number of amides is 2. The van der Waals surface area contributed by atoms with Gasteiger partial charge in [-0.3, -0.25) is 0 Å². The van der Waals surface area contributed by atoms with E-state index >= 15 is 0 Å². The van der Waals surface area contributed by atoms with E-state index in [1.807, 2.05) is 6.07 Å². The Bertz CT molecular complexity index is 475. The van der Waals surface area contributed by atoms with Gasteiger partial charge in [-0.2, -0.15) is 5.26 Å². The van der Waals surface area contributed by atoms with Gasteiger partial charge in [-0.1, -0.05) is 0 Å². The number of hydrogen-bond donors (Lipinski definition) is 1. The van der Waals surface area contributed by atoms with Gasteiger partial charge in [0, 0.05) is 13.1 Å². The number of anilines is 1. The largest absolute Gasteiger partial charge is 0.325 e. The van der Waals surface area contributed by atoms with Gasteiger partial charge in [-0.15, -0.1) is 0 Å². The molecule has 4 nitrogen and oxygen atoms in total. The summed E-state index contributed by atoms with van der Waals surface area (Å²) in [6.07, 6.45) is 2.00. The zero-order chi connectivity index (χ0) is 12.3. The second kappa shape index (κ2) is 4.83. The maximum Gasteiger partial charge on any atom is 0.321 e. The van der Waals surface area contributed by atoms with Crippen molar-refractivity contribution in [3.63, 3.8) is 0 Å². The number of nitriles is 1. The van der Waals surface area contributed by atoms with E-state index in [-0.39, 0.29) is 11.6 Å². The Morgan fingerprint density at radius 1 is 1.41 bits per heavy atom. The summed E-state index contributed by atoms with van der Waals surface area (Å²) in [6.45, 7) is 1.46. The van der Waals surface area contributed by atoms with E-state index in [1.165, 1.54) is 12.1 Å². The summed E-state index contributed by atoms with van der Waals surface area (Å²) in [6, 6.07) is 5.37. The molecule has 17 heavy (non-hydrogen) atoms. The molecule has 1 aliphatic heterocycles. The number of halogens is 1. The predicted molar refractivity (Wildman–Crippen MR) is 60.9 cm³/mol. The van der Waals surface area contributed by atoms with Crippen molar-refractivity contribution in [2.75, 3.05) is 18.4 Å². The van der Waals surface area contributed by atoms with E-state index < -0.39 is 5.82 Å². The van der Waals surface area contributed by atoms with Crippen LogP contribution in [0.1, 0.15) is 18.4 Å². The Balaban J connectivity index is 2.13.